The third-order valence-corrected chi connectivity index (χ3v) is 6.34. The van der Waals surface area contributed by atoms with Crippen LogP contribution in [0.3, 0.4) is 0 Å². The Kier molecular flexibility index (Phi) is 9.89. The third-order valence-electron chi connectivity index (χ3n) is 6.34. The number of hydrogen-bond acceptors (Lipinski definition) is 10. The van der Waals surface area contributed by atoms with Crippen molar-refractivity contribution in [2.45, 2.75) is 84.4 Å². The molecule has 10 nitrogen and oxygen atoms in total. The molecule has 2 aliphatic rings. The van der Waals surface area contributed by atoms with Crippen LogP contribution in [0.4, 0.5) is 0 Å². The van der Waals surface area contributed by atoms with E-state index in [9.17, 15) is 9.59 Å². The van der Waals surface area contributed by atoms with E-state index in [-0.39, 0.29) is 32.0 Å². The highest BCUT2D eigenvalue weighted by Crippen LogP contribution is 2.33. The smallest absolute Gasteiger partial charge is 0.347 e. The normalized spacial score (nSPS) is 20.0. The molecule has 10 heteroatoms. The first-order chi connectivity index (χ1) is 18.4. The maximum absolute atomic E-state index is 12.6. The molecule has 2 aromatic rings. The van der Waals surface area contributed by atoms with Crippen molar-refractivity contribution < 1.29 is 38.0 Å². The number of esters is 2. The summed E-state index contributed by atoms with van der Waals surface area (Å²) >= 11 is 0. The summed E-state index contributed by atoms with van der Waals surface area (Å²) in [6, 6.07) is 5.46. The van der Waals surface area contributed by atoms with Crippen LogP contribution in [0.5, 0.6) is 11.5 Å². The molecule has 38 heavy (non-hydrogen) atoms. The SMILES string of the molecule is CCOC(=O)[C@@H](Cc1cc(OC2CCCCO2)c(C)cc1OCc1ccnc([C@@H]2CCCO2)n1)OC(C)=O. The maximum atomic E-state index is 12.6. The molecule has 0 spiro atoms. The first kappa shape index (κ1) is 27.8. The highest BCUT2D eigenvalue weighted by Gasteiger charge is 2.27. The van der Waals surface area contributed by atoms with Crippen LogP contribution in [0.2, 0.25) is 0 Å². The van der Waals surface area contributed by atoms with Gasteiger partial charge < -0.3 is 28.4 Å². The lowest BCUT2D eigenvalue weighted by Gasteiger charge is -2.25. The second-order valence-corrected chi connectivity index (χ2v) is 9.39. The minimum atomic E-state index is -1.12. The summed E-state index contributed by atoms with van der Waals surface area (Å²) in [6.45, 7) is 6.59. The van der Waals surface area contributed by atoms with Crippen LogP contribution in [0.1, 0.15) is 74.7 Å². The van der Waals surface area contributed by atoms with Crippen LogP contribution in [-0.2, 0) is 41.6 Å². The van der Waals surface area contributed by atoms with Crippen LogP contribution in [0.15, 0.2) is 24.4 Å². The Morgan fingerprint density at radius 3 is 2.66 bits per heavy atom. The molecule has 2 saturated heterocycles. The molecule has 0 radical (unpaired) electrons. The largest absolute Gasteiger partial charge is 0.487 e. The zero-order valence-electron chi connectivity index (χ0n) is 22.3. The fourth-order valence-corrected chi connectivity index (χ4v) is 4.46. The Hall–Kier alpha value is -3.24. The summed E-state index contributed by atoms with van der Waals surface area (Å²) in [7, 11) is 0. The van der Waals surface area contributed by atoms with Gasteiger partial charge in [0.05, 0.1) is 18.9 Å². The summed E-state index contributed by atoms with van der Waals surface area (Å²) in [4.78, 5) is 33.3. The second-order valence-electron chi connectivity index (χ2n) is 9.39. The first-order valence-electron chi connectivity index (χ1n) is 13.2. The van der Waals surface area contributed by atoms with Gasteiger partial charge in [-0.15, -0.1) is 0 Å². The van der Waals surface area contributed by atoms with E-state index in [0.717, 1.165) is 37.7 Å². The van der Waals surface area contributed by atoms with Crippen molar-refractivity contribution in [2.24, 2.45) is 0 Å². The van der Waals surface area contributed by atoms with Gasteiger partial charge in [-0.05, 0) is 63.3 Å². The fourth-order valence-electron chi connectivity index (χ4n) is 4.46. The Balaban J connectivity index is 1.58. The van der Waals surface area contributed by atoms with Crippen molar-refractivity contribution >= 4 is 11.9 Å². The van der Waals surface area contributed by atoms with Crippen molar-refractivity contribution in [3.63, 3.8) is 0 Å². The van der Waals surface area contributed by atoms with Crippen molar-refractivity contribution in [1.82, 2.24) is 9.97 Å². The van der Waals surface area contributed by atoms with Crippen LogP contribution in [0, 0.1) is 6.92 Å². The van der Waals surface area contributed by atoms with E-state index >= 15 is 0 Å². The van der Waals surface area contributed by atoms with E-state index in [1.165, 1.54) is 6.92 Å². The number of carbonyl (C=O) groups excluding carboxylic acids is 2. The Labute approximate surface area is 222 Å². The average molecular weight is 529 g/mol. The molecule has 0 saturated carbocycles. The third kappa shape index (κ3) is 7.64. The van der Waals surface area contributed by atoms with Gasteiger partial charge in [-0.25, -0.2) is 14.8 Å². The van der Waals surface area contributed by atoms with E-state index in [2.05, 4.69) is 9.97 Å². The van der Waals surface area contributed by atoms with Crippen LogP contribution >= 0.6 is 0 Å². The lowest BCUT2D eigenvalue weighted by Crippen LogP contribution is -2.31. The van der Waals surface area contributed by atoms with Gasteiger partial charge in [0.15, 0.2) is 12.1 Å². The average Bonchev–Trinajstić information content (AvgIpc) is 3.45. The molecule has 3 heterocycles. The van der Waals surface area contributed by atoms with E-state index in [0.29, 0.717) is 41.8 Å². The van der Waals surface area contributed by atoms with E-state index in [1.54, 1.807) is 19.2 Å². The maximum Gasteiger partial charge on any atom is 0.347 e. The summed E-state index contributed by atoms with van der Waals surface area (Å²) in [6.07, 6.45) is 4.92. The standard InChI is InChI=1S/C28H36N2O8/c1-4-33-28(32)25(37-19(3)31)16-20-15-23(38-26-9-5-6-12-35-26)18(2)14-24(20)36-17-21-10-11-29-27(30-21)22-8-7-13-34-22/h10-11,14-15,22,25-26H,4-9,12-13,16-17H2,1-3H3/t22-,25+,26?/m0/s1. The summed E-state index contributed by atoms with van der Waals surface area (Å²) in [5.41, 5.74) is 2.18. The first-order valence-corrected chi connectivity index (χ1v) is 13.2. The van der Waals surface area contributed by atoms with Crippen LogP contribution in [0.25, 0.3) is 0 Å². The molecule has 0 N–H and O–H groups in total. The number of nitrogens with zero attached hydrogens (tertiary/aromatic N) is 2. The number of ether oxygens (including phenoxy) is 6. The molecule has 2 aliphatic heterocycles. The van der Waals surface area contributed by atoms with Gasteiger partial charge in [0, 0.05) is 38.1 Å². The zero-order chi connectivity index (χ0) is 26.9. The predicted octanol–water partition coefficient (Wildman–Crippen LogP) is 4.16. The Morgan fingerprint density at radius 1 is 1.11 bits per heavy atom. The van der Waals surface area contributed by atoms with Crippen LogP contribution in [-0.4, -0.2) is 54.1 Å². The minimum absolute atomic E-state index is 0.0564. The van der Waals surface area contributed by atoms with Gasteiger partial charge >= 0.3 is 11.9 Å². The highest BCUT2D eigenvalue weighted by molar-refractivity contribution is 5.79. The van der Waals surface area contributed by atoms with Gasteiger partial charge in [0.1, 0.15) is 24.2 Å². The molecular formula is C28H36N2O8. The molecule has 4 rings (SSSR count). The number of hydrogen-bond donors (Lipinski definition) is 0. The monoisotopic (exact) mass is 528 g/mol. The molecule has 206 valence electrons. The van der Waals surface area contributed by atoms with Gasteiger partial charge in [-0.2, -0.15) is 0 Å². The van der Waals surface area contributed by atoms with Crippen LogP contribution < -0.4 is 9.47 Å². The molecule has 0 bridgehead atoms. The predicted molar refractivity (Wildman–Crippen MR) is 136 cm³/mol. The summed E-state index contributed by atoms with van der Waals surface area (Å²) in [5.74, 6) is 0.593. The van der Waals surface area contributed by atoms with Crippen molar-refractivity contribution in [2.75, 3.05) is 19.8 Å². The van der Waals surface area contributed by atoms with Gasteiger partial charge in [0.2, 0.25) is 6.10 Å². The second kappa shape index (κ2) is 13.5. The van der Waals surface area contributed by atoms with E-state index in [4.69, 9.17) is 28.4 Å². The van der Waals surface area contributed by atoms with Gasteiger partial charge in [-0.3, -0.25) is 4.79 Å². The van der Waals surface area contributed by atoms with Crippen molar-refractivity contribution in [3.05, 3.63) is 47.0 Å². The van der Waals surface area contributed by atoms with E-state index in [1.807, 2.05) is 19.1 Å². The molecule has 3 atom stereocenters. The van der Waals surface area contributed by atoms with Crippen molar-refractivity contribution in [1.29, 1.82) is 0 Å². The number of benzene rings is 1. The quantitative estimate of drug-likeness (QED) is 0.394. The molecule has 1 aromatic carbocycles. The topological polar surface area (TPSA) is 115 Å². The van der Waals surface area contributed by atoms with Gasteiger partial charge in [0.25, 0.3) is 0 Å². The van der Waals surface area contributed by atoms with Gasteiger partial charge in [-0.1, -0.05) is 0 Å². The molecule has 0 aliphatic carbocycles. The lowest BCUT2D eigenvalue weighted by molar-refractivity contribution is -0.166. The molecule has 0 amide bonds. The highest BCUT2D eigenvalue weighted by atomic mass is 16.7. The molecule has 1 unspecified atom stereocenters. The Bertz CT molecular complexity index is 1100. The Morgan fingerprint density at radius 2 is 1.95 bits per heavy atom. The molecular weight excluding hydrogens is 492 g/mol. The number of aryl methyl sites for hydroxylation is 1. The molecule has 2 fully saturated rings. The zero-order valence-corrected chi connectivity index (χ0v) is 22.3. The molecule has 1 aromatic heterocycles. The number of rotatable bonds is 11. The fraction of sp³-hybridized carbons (Fsp3) is 0.571. The summed E-state index contributed by atoms with van der Waals surface area (Å²) < 4.78 is 34.3. The summed E-state index contributed by atoms with van der Waals surface area (Å²) in [5, 5.41) is 0. The van der Waals surface area contributed by atoms with E-state index < -0.39 is 18.0 Å². The minimum Gasteiger partial charge on any atom is -0.487 e. The lowest BCUT2D eigenvalue weighted by atomic mass is 10.0. The number of aromatic nitrogens is 2. The number of carbonyl (C=O) groups is 2. The van der Waals surface area contributed by atoms with Crippen molar-refractivity contribution in [3.8, 4) is 11.5 Å².